The second-order valence-corrected chi connectivity index (χ2v) is 9.22. The number of carbonyl (C=O) groups is 1. The third-order valence-electron chi connectivity index (χ3n) is 5.18. The van der Waals surface area contributed by atoms with Gasteiger partial charge in [0, 0.05) is 31.7 Å². The van der Waals surface area contributed by atoms with Crippen LogP contribution >= 0.6 is 0 Å². The van der Waals surface area contributed by atoms with Crippen molar-refractivity contribution in [2.45, 2.75) is 44.2 Å². The Balaban J connectivity index is 1.59. The molecule has 2 atom stereocenters. The molecule has 3 rings (SSSR count). The fourth-order valence-corrected chi connectivity index (χ4v) is 4.78. The molecular formula is C18H26FN3O3S. The summed E-state index contributed by atoms with van der Waals surface area (Å²) in [7, 11) is -3.24. The average molecular weight is 383 g/mol. The number of likely N-dealkylation sites (tertiary alicyclic amines) is 1. The number of carbonyl (C=O) groups excluding carboxylic acids is 1. The van der Waals surface area contributed by atoms with Crippen molar-refractivity contribution in [1.29, 1.82) is 0 Å². The maximum Gasteiger partial charge on any atom is 0.317 e. The Labute approximate surface area is 154 Å². The van der Waals surface area contributed by atoms with Crippen LogP contribution in [0.1, 0.15) is 31.2 Å². The van der Waals surface area contributed by atoms with Gasteiger partial charge in [0.25, 0.3) is 0 Å². The third-order valence-corrected chi connectivity index (χ3v) is 6.45. The summed E-state index contributed by atoms with van der Waals surface area (Å²) in [6.45, 7) is 1.51. The molecule has 0 radical (unpaired) electrons. The van der Waals surface area contributed by atoms with E-state index in [1.54, 1.807) is 6.07 Å². The van der Waals surface area contributed by atoms with Crippen LogP contribution in [-0.2, 0) is 16.4 Å². The van der Waals surface area contributed by atoms with Gasteiger partial charge in [0.15, 0.2) is 0 Å². The zero-order valence-corrected chi connectivity index (χ0v) is 15.8. The Kier molecular flexibility index (Phi) is 5.82. The second kappa shape index (κ2) is 7.92. The lowest BCUT2D eigenvalue weighted by Crippen LogP contribution is -2.53. The van der Waals surface area contributed by atoms with Crippen LogP contribution in [0, 0.1) is 5.82 Å². The first-order valence-electron chi connectivity index (χ1n) is 9.09. The van der Waals surface area contributed by atoms with E-state index in [0.717, 1.165) is 31.2 Å². The lowest BCUT2D eigenvalue weighted by Gasteiger charge is -2.33. The molecule has 0 spiro atoms. The number of amides is 2. The van der Waals surface area contributed by atoms with Crippen molar-refractivity contribution in [1.82, 2.24) is 14.5 Å². The molecule has 26 heavy (non-hydrogen) atoms. The number of rotatable bonds is 4. The van der Waals surface area contributed by atoms with Gasteiger partial charge in [0.1, 0.15) is 5.82 Å². The molecule has 1 aromatic carbocycles. The predicted molar refractivity (Wildman–Crippen MR) is 97.8 cm³/mol. The Hall–Kier alpha value is -1.67. The van der Waals surface area contributed by atoms with E-state index in [-0.39, 0.29) is 23.9 Å². The van der Waals surface area contributed by atoms with Gasteiger partial charge in [-0.1, -0.05) is 12.1 Å². The highest BCUT2D eigenvalue weighted by Gasteiger charge is 2.32. The van der Waals surface area contributed by atoms with Gasteiger partial charge in [0.05, 0.1) is 6.26 Å². The molecule has 1 N–H and O–H groups in total. The second-order valence-electron chi connectivity index (χ2n) is 7.23. The molecule has 2 unspecified atom stereocenters. The van der Waals surface area contributed by atoms with Crippen molar-refractivity contribution >= 4 is 16.1 Å². The number of piperidine rings is 1. The smallest absolute Gasteiger partial charge is 0.317 e. The number of nitrogens with one attached hydrogen (secondary N) is 1. The Morgan fingerprint density at radius 3 is 2.77 bits per heavy atom. The molecule has 0 aliphatic carbocycles. The van der Waals surface area contributed by atoms with Gasteiger partial charge >= 0.3 is 6.03 Å². The fourth-order valence-electron chi connectivity index (χ4n) is 3.87. The van der Waals surface area contributed by atoms with Crippen LogP contribution in [-0.4, -0.2) is 61.6 Å². The molecule has 2 fully saturated rings. The van der Waals surface area contributed by atoms with E-state index in [4.69, 9.17) is 0 Å². The van der Waals surface area contributed by atoms with Crippen molar-refractivity contribution < 1.29 is 17.6 Å². The molecule has 0 bridgehead atoms. The first-order chi connectivity index (χ1) is 12.3. The largest absolute Gasteiger partial charge is 0.334 e. The quantitative estimate of drug-likeness (QED) is 0.864. The van der Waals surface area contributed by atoms with Crippen LogP contribution in [0.3, 0.4) is 0 Å². The molecule has 6 nitrogen and oxygen atoms in total. The molecule has 0 aromatic heterocycles. The molecule has 0 saturated carbocycles. The summed E-state index contributed by atoms with van der Waals surface area (Å²) in [4.78, 5) is 14.5. The van der Waals surface area contributed by atoms with Gasteiger partial charge in [-0.15, -0.1) is 0 Å². The van der Waals surface area contributed by atoms with Crippen LogP contribution in [0.15, 0.2) is 24.3 Å². The minimum atomic E-state index is -3.24. The molecule has 2 saturated heterocycles. The van der Waals surface area contributed by atoms with Crippen LogP contribution in [0.25, 0.3) is 0 Å². The SMILES string of the molecule is CS(=O)(=O)N1CCCC(NC(=O)N2CCCC2Cc2cccc(F)c2)C1. The first kappa shape index (κ1) is 19.1. The van der Waals surface area contributed by atoms with Gasteiger partial charge in [0.2, 0.25) is 10.0 Å². The van der Waals surface area contributed by atoms with E-state index in [2.05, 4.69) is 5.32 Å². The van der Waals surface area contributed by atoms with Gasteiger partial charge in [-0.2, -0.15) is 0 Å². The van der Waals surface area contributed by atoms with E-state index in [0.29, 0.717) is 26.1 Å². The Morgan fingerprint density at radius 2 is 2.04 bits per heavy atom. The standard InChI is InChI=1S/C18H26FN3O3S/c1-26(24,25)21-9-3-7-16(13-21)20-18(23)22-10-4-8-17(22)12-14-5-2-6-15(19)11-14/h2,5-6,11,16-17H,3-4,7-10,12-13H2,1H3,(H,20,23). The van der Waals surface area contributed by atoms with Crippen LogP contribution in [0.4, 0.5) is 9.18 Å². The van der Waals surface area contributed by atoms with Crippen LogP contribution in [0.2, 0.25) is 0 Å². The highest BCUT2D eigenvalue weighted by atomic mass is 32.2. The van der Waals surface area contributed by atoms with E-state index in [1.807, 2.05) is 11.0 Å². The van der Waals surface area contributed by atoms with Gasteiger partial charge in [-0.3, -0.25) is 0 Å². The first-order valence-corrected chi connectivity index (χ1v) is 10.9. The minimum Gasteiger partial charge on any atom is -0.334 e. The summed E-state index contributed by atoms with van der Waals surface area (Å²) in [5.41, 5.74) is 0.885. The van der Waals surface area contributed by atoms with Gasteiger partial charge < -0.3 is 10.2 Å². The third kappa shape index (κ3) is 4.73. The van der Waals surface area contributed by atoms with Crippen LogP contribution in [0.5, 0.6) is 0 Å². The molecule has 2 aliphatic heterocycles. The summed E-state index contributed by atoms with van der Waals surface area (Å²) in [6, 6.07) is 6.23. The highest BCUT2D eigenvalue weighted by Crippen LogP contribution is 2.22. The molecule has 2 aliphatic rings. The maximum atomic E-state index is 13.4. The van der Waals surface area contributed by atoms with Crippen molar-refractivity contribution in [2.75, 3.05) is 25.9 Å². The van der Waals surface area contributed by atoms with Gasteiger partial charge in [-0.05, 0) is 49.8 Å². The summed E-state index contributed by atoms with van der Waals surface area (Å²) >= 11 is 0. The van der Waals surface area contributed by atoms with Crippen molar-refractivity contribution in [3.8, 4) is 0 Å². The van der Waals surface area contributed by atoms with Gasteiger partial charge in [-0.25, -0.2) is 21.9 Å². The van der Waals surface area contributed by atoms with Crippen molar-refractivity contribution in [3.05, 3.63) is 35.6 Å². The molecule has 1 aromatic rings. The normalized spacial score (nSPS) is 24.6. The van der Waals surface area contributed by atoms with E-state index in [1.165, 1.54) is 22.7 Å². The number of hydrogen-bond acceptors (Lipinski definition) is 3. The van der Waals surface area contributed by atoms with Crippen LogP contribution < -0.4 is 5.32 Å². The van der Waals surface area contributed by atoms with E-state index < -0.39 is 10.0 Å². The number of halogens is 1. The number of sulfonamides is 1. The monoisotopic (exact) mass is 383 g/mol. The lowest BCUT2D eigenvalue weighted by atomic mass is 10.0. The van der Waals surface area contributed by atoms with Crippen molar-refractivity contribution in [2.24, 2.45) is 0 Å². The summed E-state index contributed by atoms with van der Waals surface area (Å²) in [5, 5.41) is 3.00. The topological polar surface area (TPSA) is 69.7 Å². The number of hydrogen-bond donors (Lipinski definition) is 1. The minimum absolute atomic E-state index is 0.0476. The zero-order valence-electron chi connectivity index (χ0n) is 15.0. The van der Waals surface area contributed by atoms with Crippen molar-refractivity contribution in [3.63, 3.8) is 0 Å². The number of nitrogens with zero attached hydrogens (tertiary/aromatic N) is 2. The average Bonchev–Trinajstić information content (AvgIpc) is 3.02. The lowest BCUT2D eigenvalue weighted by molar-refractivity contribution is 0.181. The van der Waals surface area contributed by atoms with E-state index >= 15 is 0 Å². The predicted octanol–water partition coefficient (Wildman–Crippen LogP) is 1.97. The molecular weight excluding hydrogens is 357 g/mol. The molecule has 144 valence electrons. The van der Waals surface area contributed by atoms with E-state index in [9.17, 15) is 17.6 Å². The Morgan fingerprint density at radius 1 is 1.27 bits per heavy atom. The number of urea groups is 1. The molecule has 8 heteroatoms. The number of benzene rings is 1. The summed E-state index contributed by atoms with van der Waals surface area (Å²) in [5.74, 6) is -0.264. The molecule has 2 amide bonds. The highest BCUT2D eigenvalue weighted by molar-refractivity contribution is 7.88. The molecule has 2 heterocycles. The summed E-state index contributed by atoms with van der Waals surface area (Å²) in [6.07, 6.45) is 5.17. The Bertz CT molecular complexity index is 756. The maximum absolute atomic E-state index is 13.4. The fraction of sp³-hybridized carbons (Fsp3) is 0.611. The zero-order chi connectivity index (χ0) is 18.7. The summed E-state index contributed by atoms with van der Waals surface area (Å²) < 4.78 is 38.3.